The largest absolute Gasteiger partial charge is 0.393 e. The van der Waals surface area contributed by atoms with Crippen molar-refractivity contribution in [2.75, 3.05) is 0 Å². The molecule has 2 N–H and O–H groups in total. The number of hydrogen-bond acceptors (Lipinski definition) is 1. The van der Waals surface area contributed by atoms with E-state index in [4.69, 9.17) is 29.6 Å². The zero-order valence-electron chi connectivity index (χ0n) is 8.33. The maximum Gasteiger partial charge on any atom is 0.0772 e. The molecule has 0 aliphatic rings. The van der Waals surface area contributed by atoms with Gasteiger partial charge in [0.2, 0.25) is 0 Å². The van der Waals surface area contributed by atoms with Gasteiger partial charge in [-0.05, 0) is 17.7 Å². The third kappa shape index (κ3) is 1.98. The van der Waals surface area contributed by atoms with Gasteiger partial charge in [0, 0.05) is 35.6 Å². The summed E-state index contributed by atoms with van der Waals surface area (Å²) in [6.07, 6.45) is 2.68. The molecule has 0 unspecified atom stereocenters. The van der Waals surface area contributed by atoms with Gasteiger partial charge in [0.1, 0.15) is 0 Å². The molecular weight excluding hydrogens is 228 g/mol. The molecule has 0 aliphatic carbocycles. The van der Waals surface area contributed by atoms with E-state index in [0.29, 0.717) is 11.4 Å². The van der Waals surface area contributed by atoms with Gasteiger partial charge < -0.3 is 10.3 Å². The predicted octanol–water partition coefficient (Wildman–Crippen LogP) is 2.66. The van der Waals surface area contributed by atoms with Gasteiger partial charge in [0.25, 0.3) is 0 Å². The Balaban J connectivity index is 2.62. The molecular formula is C11H11ClN2S. The van der Waals surface area contributed by atoms with Crippen LogP contribution in [0.5, 0.6) is 0 Å². The lowest BCUT2D eigenvalue weighted by atomic mass is 10.1. The van der Waals surface area contributed by atoms with Crippen LogP contribution >= 0.6 is 23.8 Å². The van der Waals surface area contributed by atoms with E-state index in [-0.39, 0.29) is 0 Å². The second-order valence-electron chi connectivity index (χ2n) is 3.57. The van der Waals surface area contributed by atoms with Gasteiger partial charge in [-0.1, -0.05) is 29.9 Å². The minimum atomic E-state index is 0.512. The lowest BCUT2D eigenvalue weighted by Crippen LogP contribution is -2.10. The van der Waals surface area contributed by atoms with Crippen molar-refractivity contribution < 1.29 is 0 Å². The van der Waals surface area contributed by atoms with E-state index < -0.39 is 0 Å². The molecule has 2 rings (SSSR count). The summed E-state index contributed by atoms with van der Waals surface area (Å²) in [4.78, 5) is 0.512. The fourth-order valence-corrected chi connectivity index (χ4v) is 2.09. The molecule has 15 heavy (non-hydrogen) atoms. The predicted molar refractivity (Wildman–Crippen MR) is 68.4 cm³/mol. The molecule has 0 atom stereocenters. The van der Waals surface area contributed by atoms with E-state index in [0.717, 1.165) is 21.5 Å². The zero-order chi connectivity index (χ0) is 11.0. The Morgan fingerprint density at radius 3 is 2.93 bits per heavy atom. The first-order valence-electron chi connectivity index (χ1n) is 4.59. The number of aromatic nitrogens is 1. The van der Waals surface area contributed by atoms with E-state index in [9.17, 15) is 0 Å². The SMILES string of the molecule is Cn1cc(CC(N)=S)c2ccc(Cl)cc21. The summed E-state index contributed by atoms with van der Waals surface area (Å²) in [5.41, 5.74) is 7.81. The topological polar surface area (TPSA) is 30.9 Å². The molecule has 0 radical (unpaired) electrons. The molecule has 0 saturated heterocycles. The number of hydrogen-bond donors (Lipinski definition) is 1. The van der Waals surface area contributed by atoms with Gasteiger partial charge >= 0.3 is 0 Å². The van der Waals surface area contributed by atoms with Crippen molar-refractivity contribution in [2.45, 2.75) is 6.42 Å². The molecule has 1 aromatic heterocycles. The highest BCUT2D eigenvalue weighted by Gasteiger charge is 2.07. The smallest absolute Gasteiger partial charge is 0.0772 e. The summed E-state index contributed by atoms with van der Waals surface area (Å²) < 4.78 is 2.04. The van der Waals surface area contributed by atoms with Crippen LogP contribution in [0.1, 0.15) is 5.56 Å². The second-order valence-corrected chi connectivity index (χ2v) is 4.53. The van der Waals surface area contributed by atoms with Crippen LogP contribution in [-0.2, 0) is 13.5 Å². The highest BCUT2D eigenvalue weighted by molar-refractivity contribution is 7.80. The van der Waals surface area contributed by atoms with Gasteiger partial charge in [0.15, 0.2) is 0 Å². The molecule has 2 nitrogen and oxygen atoms in total. The van der Waals surface area contributed by atoms with Crippen LogP contribution in [0.2, 0.25) is 5.02 Å². The fraction of sp³-hybridized carbons (Fsp3) is 0.182. The summed E-state index contributed by atoms with van der Waals surface area (Å²) in [7, 11) is 1.99. The van der Waals surface area contributed by atoms with E-state index in [1.54, 1.807) is 0 Å². The average Bonchev–Trinajstić information content (AvgIpc) is 2.42. The van der Waals surface area contributed by atoms with Crippen molar-refractivity contribution in [3.8, 4) is 0 Å². The number of fused-ring (bicyclic) bond motifs is 1. The Morgan fingerprint density at radius 1 is 1.53 bits per heavy atom. The number of thiocarbonyl (C=S) groups is 1. The molecule has 0 bridgehead atoms. The standard InChI is InChI=1S/C11H11ClN2S/c1-14-6-7(4-11(13)15)9-3-2-8(12)5-10(9)14/h2-3,5-6H,4H2,1H3,(H2,13,15). The first-order chi connectivity index (χ1) is 7.08. The lowest BCUT2D eigenvalue weighted by Gasteiger charge is -1.97. The molecule has 2 aromatic rings. The molecule has 0 spiro atoms. The van der Waals surface area contributed by atoms with Crippen LogP contribution in [-0.4, -0.2) is 9.56 Å². The van der Waals surface area contributed by atoms with Crippen LogP contribution in [0, 0.1) is 0 Å². The van der Waals surface area contributed by atoms with Crippen molar-refractivity contribution >= 4 is 39.7 Å². The van der Waals surface area contributed by atoms with E-state index in [1.165, 1.54) is 0 Å². The van der Waals surface area contributed by atoms with Gasteiger partial charge in [-0.25, -0.2) is 0 Å². The monoisotopic (exact) mass is 238 g/mol. The Labute approximate surface area is 98.6 Å². The quantitative estimate of drug-likeness (QED) is 0.816. The van der Waals surface area contributed by atoms with E-state index >= 15 is 0 Å². The number of halogens is 1. The third-order valence-electron chi connectivity index (χ3n) is 2.40. The fourth-order valence-electron chi connectivity index (χ4n) is 1.77. The van der Waals surface area contributed by atoms with Gasteiger partial charge in [-0.15, -0.1) is 0 Å². The second kappa shape index (κ2) is 3.83. The molecule has 0 amide bonds. The van der Waals surface area contributed by atoms with Gasteiger partial charge in [0.05, 0.1) is 4.99 Å². The van der Waals surface area contributed by atoms with E-state index in [1.807, 2.05) is 36.0 Å². The first-order valence-corrected chi connectivity index (χ1v) is 5.38. The van der Waals surface area contributed by atoms with Crippen molar-refractivity contribution in [3.05, 3.63) is 35.0 Å². The lowest BCUT2D eigenvalue weighted by molar-refractivity contribution is 0.961. The molecule has 0 aliphatic heterocycles. The minimum Gasteiger partial charge on any atom is -0.393 e. The van der Waals surface area contributed by atoms with Gasteiger partial charge in [-0.2, -0.15) is 0 Å². The van der Waals surface area contributed by atoms with Crippen LogP contribution in [0.25, 0.3) is 10.9 Å². The maximum absolute atomic E-state index is 5.94. The Kier molecular flexibility index (Phi) is 2.67. The molecule has 1 heterocycles. The van der Waals surface area contributed by atoms with Crippen LogP contribution in [0.15, 0.2) is 24.4 Å². The number of nitrogens with two attached hydrogens (primary N) is 1. The van der Waals surface area contributed by atoms with Crippen LogP contribution in [0.3, 0.4) is 0 Å². The number of rotatable bonds is 2. The number of nitrogens with zero attached hydrogens (tertiary/aromatic N) is 1. The average molecular weight is 239 g/mol. The summed E-state index contributed by atoms with van der Waals surface area (Å²) in [6.45, 7) is 0. The highest BCUT2D eigenvalue weighted by atomic mass is 35.5. The van der Waals surface area contributed by atoms with Crippen molar-refractivity contribution in [2.24, 2.45) is 12.8 Å². The Hall–Kier alpha value is -1.06. The van der Waals surface area contributed by atoms with Crippen molar-refractivity contribution in [1.29, 1.82) is 0 Å². The number of aryl methyl sites for hydroxylation is 1. The molecule has 0 fully saturated rings. The maximum atomic E-state index is 5.94. The summed E-state index contributed by atoms with van der Waals surface area (Å²) >= 11 is 10.9. The molecule has 4 heteroatoms. The summed E-state index contributed by atoms with van der Waals surface area (Å²) in [6, 6.07) is 5.83. The van der Waals surface area contributed by atoms with Crippen LogP contribution < -0.4 is 5.73 Å². The van der Waals surface area contributed by atoms with Crippen LogP contribution in [0.4, 0.5) is 0 Å². The Bertz CT molecular complexity index is 531. The van der Waals surface area contributed by atoms with Crippen molar-refractivity contribution in [3.63, 3.8) is 0 Å². The van der Waals surface area contributed by atoms with Crippen molar-refractivity contribution in [1.82, 2.24) is 4.57 Å². The molecule has 78 valence electrons. The molecule has 1 aromatic carbocycles. The number of benzene rings is 1. The van der Waals surface area contributed by atoms with E-state index in [2.05, 4.69) is 0 Å². The normalized spacial score (nSPS) is 10.8. The van der Waals surface area contributed by atoms with Gasteiger partial charge in [-0.3, -0.25) is 0 Å². The minimum absolute atomic E-state index is 0.512. The summed E-state index contributed by atoms with van der Waals surface area (Å²) in [5.74, 6) is 0. The zero-order valence-corrected chi connectivity index (χ0v) is 9.90. The molecule has 0 saturated carbocycles. The summed E-state index contributed by atoms with van der Waals surface area (Å²) in [5, 5.41) is 1.90. The first kappa shape index (κ1) is 10.5. The third-order valence-corrected chi connectivity index (χ3v) is 2.78. The highest BCUT2D eigenvalue weighted by Crippen LogP contribution is 2.24. The Morgan fingerprint density at radius 2 is 2.27 bits per heavy atom.